The molecule has 1 heterocycles. The van der Waals surface area contributed by atoms with Crippen LogP contribution in [0.15, 0.2) is 48.8 Å². The standard InChI is InChI=1S/C16H22N2O/c1-2-6-16(17)15-9-10-18(11-15)13-19-12-14-7-4-3-5-8-14/h3-5,7-11,16H,2,6,12-13,17H2,1H3. The molecule has 0 saturated carbocycles. The minimum absolute atomic E-state index is 0.139. The molecule has 3 nitrogen and oxygen atoms in total. The summed E-state index contributed by atoms with van der Waals surface area (Å²) in [5, 5.41) is 0. The van der Waals surface area contributed by atoms with Crippen LogP contribution in [0.25, 0.3) is 0 Å². The molecule has 2 N–H and O–H groups in total. The van der Waals surface area contributed by atoms with E-state index in [1.807, 2.05) is 29.0 Å². The van der Waals surface area contributed by atoms with Crippen molar-refractivity contribution in [3.05, 3.63) is 59.9 Å². The lowest BCUT2D eigenvalue weighted by atomic mass is 10.1. The van der Waals surface area contributed by atoms with Crippen LogP contribution in [0.3, 0.4) is 0 Å². The van der Waals surface area contributed by atoms with Crippen LogP contribution in [0.4, 0.5) is 0 Å². The van der Waals surface area contributed by atoms with Gasteiger partial charge in [-0.15, -0.1) is 0 Å². The lowest BCUT2D eigenvalue weighted by Crippen LogP contribution is -2.09. The summed E-state index contributed by atoms with van der Waals surface area (Å²) in [6.45, 7) is 3.35. The van der Waals surface area contributed by atoms with Crippen LogP contribution >= 0.6 is 0 Å². The highest BCUT2D eigenvalue weighted by molar-refractivity contribution is 5.15. The van der Waals surface area contributed by atoms with Crippen molar-refractivity contribution < 1.29 is 4.74 Å². The molecule has 0 amide bonds. The molecule has 1 aromatic heterocycles. The molecule has 1 unspecified atom stereocenters. The second kappa shape index (κ2) is 7.12. The quantitative estimate of drug-likeness (QED) is 0.826. The largest absolute Gasteiger partial charge is 0.356 e. The third kappa shape index (κ3) is 4.23. The van der Waals surface area contributed by atoms with Crippen molar-refractivity contribution in [2.75, 3.05) is 0 Å². The number of hydrogen-bond donors (Lipinski definition) is 1. The summed E-state index contributed by atoms with van der Waals surface area (Å²) in [5.41, 5.74) is 8.46. The Morgan fingerprint density at radius 1 is 1.21 bits per heavy atom. The minimum atomic E-state index is 0.139. The van der Waals surface area contributed by atoms with Gasteiger partial charge in [-0.05, 0) is 23.6 Å². The van der Waals surface area contributed by atoms with Crippen molar-refractivity contribution in [1.29, 1.82) is 0 Å². The molecule has 0 bridgehead atoms. The Hall–Kier alpha value is -1.58. The molecule has 2 rings (SSSR count). The smallest absolute Gasteiger partial charge is 0.122 e. The molecule has 102 valence electrons. The van der Waals surface area contributed by atoms with Crippen molar-refractivity contribution in [1.82, 2.24) is 4.57 Å². The Labute approximate surface area is 115 Å². The average Bonchev–Trinajstić information content (AvgIpc) is 2.89. The van der Waals surface area contributed by atoms with Crippen LogP contribution < -0.4 is 5.73 Å². The summed E-state index contributed by atoms with van der Waals surface area (Å²) in [5.74, 6) is 0. The van der Waals surface area contributed by atoms with Gasteiger partial charge in [0.2, 0.25) is 0 Å². The molecule has 0 spiro atoms. The molecule has 1 atom stereocenters. The van der Waals surface area contributed by atoms with Gasteiger partial charge in [-0.1, -0.05) is 43.7 Å². The van der Waals surface area contributed by atoms with Crippen LogP contribution in [-0.2, 0) is 18.1 Å². The van der Waals surface area contributed by atoms with Gasteiger partial charge in [0.05, 0.1) is 6.61 Å². The van der Waals surface area contributed by atoms with Crippen LogP contribution in [-0.4, -0.2) is 4.57 Å². The molecule has 19 heavy (non-hydrogen) atoms. The second-order valence-corrected chi connectivity index (χ2v) is 4.82. The van der Waals surface area contributed by atoms with Crippen LogP contribution in [0, 0.1) is 0 Å². The lowest BCUT2D eigenvalue weighted by Gasteiger charge is -2.08. The first-order valence-corrected chi connectivity index (χ1v) is 6.82. The highest BCUT2D eigenvalue weighted by Gasteiger charge is 2.06. The summed E-state index contributed by atoms with van der Waals surface area (Å²) in [6.07, 6.45) is 6.23. The van der Waals surface area contributed by atoms with Crippen molar-refractivity contribution in [3.8, 4) is 0 Å². The molecule has 0 aliphatic carbocycles. The predicted molar refractivity (Wildman–Crippen MR) is 77.5 cm³/mol. The van der Waals surface area contributed by atoms with Gasteiger partial charge in [0.1, 0.15) is 6.73 Å². The monoisotopic (exact) mass is 258 g/mol. The maximum Gasteiger partial charge on any atom is 0.122 e. The van der Waals surface area contributed by atoms with E-state index in [-0.39, 0.29) is 6.04 Å². The molecule has 0 aliphatic rings. The Balaban J connectivity index is 1.80. The van der Waals surface area contributed by atoms with Crippen molar-refractivity contribution in [3.63, 3.8) is 0 Å². The predicted octanol–water partition coefficient (Wildman–Crippen LogP) is 3.46. The SMILES string of the molecule is CCCC(N)c1ccn(COCc2ccccc2)c1. The lowest BCUT2D eigenvalue weighted by molar-refractivity contribution is 0.0641. The van der Waals surface area contributed by atoms with E-state index >= 15 is 0 Å². The molecule has 2 aromatic rings. The normalized spacial score (nSPS) is 12.5. The molecule has 0 saturated heterocycles. The topological polar surface area (TPSA) is 40.2 Å². The Morgan fingerprint density at radius 3 is 2.74 bits per heavy atom. The zero-order valence-corrected chi connectivity index (χ0v) is 11.5. The highest BCUT2D eigenvalue weighted by Crippen LogP contribution is 2.16. The molecular weight excluding hydrogens is 236 g/mol. The molecule has 3 heteroatoms. The van der Waals surface area contributed by atoms with E-state index in [9.17, 15) is 0 Å². The Kier molecular flexibility index (Phi) is 5.19. The number of aromatic nitrogens is 1. The van der Waals surface area contributed by atoms with Crippen LogP contribution in [0.5, 0.6) is 0 Å². The molecule has 1 aromatic carbocycles. The summed E-state index contributed by atoms with van der Waals surface area (Å²) in [4.78, 5) is 0. The van der Waals surface area contributed by atoms with Crippen molar-refractivity contribution in [2.24, 2.45) is 5.73 Å². The molecular formula is C16H22N2O. The number of nitrogens with two attached hydrogens (primary N) is 1. The van der Waals surface area contributed by atoms with E-state index < -0.39 is 0 Å². The number of ether oxygens (including phenoxy) is 1. The summed E-state index contributed by atoms with van der Waals surface area (Å²) >= 11 is 0. The van der Waals surface area contributed by atoms with Gasteiger partial charge in [0.15, 0.2) is 0 Å². The number of hydrogen-bond acceptors (Lipinski definition) is 2. The van der Waals surface area contributed by atoms with E-state index in [1.165, 1.54) is 11.1 Å². The van der Waals surface area contributed by atoms with E-state index in [2.05, 4.69) is 31.3 Å². The van der Waals surface area contributed by atoms with Gasteiger partial charge in [-0.2, -0.15) is 0 Å². The van der Waals surface area contributed by atoms with Gasteiger partial charge in [-0.3, -0.25) is 0 Å². The van der Waals surface area contributed by atoms with Crippen molar-refractivity contribution in [2.45, 2.75) is 39.1 Å². The molecule has 0 aliphatic heterocycles. The average molecular weight is 258 g/mol. The summed E-state index contributed by atoms with van der Waals surface area (Å²) in [6, 6.07) is 12.4. The van der Waals surface area contributed by atoms with Gasteiger partial charge in [0.25, 0.3) is 0 Å². The van der Waals surface area contributed by atoms with E-state index in [1.54, 1.807) is 0 Å². The Morgan fingerprint density at radius 2 is 2.00 bits per heavy atom. The maximum absolute atomic E-state index is 6.08. The van der Waals surface area contributed by atoms with E-state index in [0.29, 0.717) is 13.3 Å². The van der Waals surface area contributed by atoms with Crippen molar-refractivity contribution >= 4 is 0 Å². The van der Waals surface area contributed by atoms with E-state index in [0.717, 1.165) is 12.8 Å². The number of nitrogens with zero attached hydrogens (tertiary/aromatic N) is 1. The summed E-state index contributed by atoms with van der Waals surface area (Å²) < 4.78 is 7.72. The van der Waals surface area contributed by atoms with E-state index in [4.69, 9.17) is 10.5 Å². The van der Waals surface area contributed by atoms with Gasteiger partial charge in [0, 0.05) is 18.4 Å². The fraction of sp³-hybridized carbons (Fsp3) is 0.375. The maximum atomic E-state index is 6.08. The number of benzene rings is 1. The van der Waals surface area contributed by atoms with Gasteiger partial charge >= 0.3 is 0 Å². The fourth-order valence-electron chi connectivity index (χ4n) is 2.08. The minimum Gasteiger partial charge on any atom is -0.356 e. The van der Waals surface area contributed by atoms with Crippen LogP contribution in [0.2, 0.25) is 0 Å². The molecule has 0 radical (unpaired) electrons. The number of rotatable bonds is 7. The zero-order valence-electron chi connectivity index (χ0n) is 11.5. The summed E-state index contributed by atoms with van der Waals surface area (Å²) in [7, 11) is 0. The van der Waals surface area contributed by atoms with Crippen LogP contribution in [0.1, 0.15) is 36.9 Å². The Bertz CT molecular complexity index is 479. The highest BCUT2D eigenvalue weighted by atomic mass is 16.5. The first-order chi connectivity index (χ1) is 9.29. The third-order valence-corrected chi connectivity index (χ3v) is 3.15. The second-order valence-electron chi connectivity index (χ2n) is 4.82. The van der Waals surface area contributed by atoms with Gasteiger partial charge in [-0.25, -0.2) is 0 Å². The molecule has 0 fully saturated rings. The van der Waals surface area contributed by atoms with Gasteiger partial charge < -0.3 is 15.0 Å². The third-order valence-electron chi connectivity index (χ3n) is 3.15. The zero-order chi connectivity index (χ0) is 13.5. The first-order valence-electron chi connectivity index (χ1n) is 6.82. The fourth-order valence-corrected chi connectivity index (χ4v) is 2.08. The first kappa shape index (κ1) is 13.8.